The summed E-state index contributed by atoms with van der Waals surface area (Å²) in [6, 6.07) is 58.6. The van der Waals surface area contributed by atoms with Gasteiger partial charge in [-0.2, -0.15) is 0 Å². The molecule has 10 aromatic rings. The molecule has 246 valence electrons. The first-order chi connectivity index (χ1) is 25.6. The Bertz CT molecular complexity index is 3040. The largest absolute Gasteiger partial charge is 0.455 e. The molecule has 8 aromatic carbocycles. The van der Waals surface area contributed by atoms with Crippen LogP contribution in [0, 0.1) is 0 Å². The quantitative estimate of drug-likeness (QED) is 0.187. The van der Waals surface area contributed by atoms with Crippen LogP contribution in [0.25, 0.3) is 76.9 Å². The number of anilines is 3. The predicted octanol–water partition coefficient (Wildman–Crippen LogP) is 14.1. The summed E-state index contributed by atoms with van der Waals surface area (Å²) in [6.07, 6.45) is 0. The van der Waals surface area contributed by atoms with E-state index in [1.165, 1.54) is 33.4 Å². The summed E-state index contributed by atoms with van der Waals surface area (Å²) in [5, 5.41) is 6.47. The highest BCUT2D eigenvalue weighted by molar-refractivity contribution is 6.34. The summed E-state index contributed by atoms with van der Waals surface area (Å²) in [7, 11) is 0. The van der Waals surface area contributed by atoms with Crippen molar-refractivity contribution in [3.63, 3.8) is 0 Å². The standard InChI is InChI=1S/C49H33NO2/c1-49(2)40-20-10-8-15-34(40)35-28-27-33(29-41(35)49)50(32-25-23-31(24-26-32)30-13-4-3-5-14-30)42-21-12-19-39-44-36-16-6-7-17-37(36)47-45(48(44)52-46(39)42)38-18-9-11-22-43(38)51-47/h3-29H,1-2H3. The van der Waals surface area contributed by atoms with Crippen LogP contribution in [0.3, 0.4) is 0 Å². The molecule has 0 saturated heterocycles. The molecular formula is C49H33NO2. The second-order valence-electron chi connectivity index (χ2n) is 14.5. The average molecular weight is 668 g/mol. The van der Waals surface area contributed by atoms with E-state index >= 15 is 0 Å². The Balaban J connectivity index is 1.20. The molecule has 2 heterocycles. The van der Waals surface area contributed by atoms with Crippen LogP contribution in [0.2, 0.25) is 0 Å². The maximum atomic E-state index is 7.17. The molecule has 0 spiro atoms. The lowest BCUT2D eigenvalue weighted by molar-refractivity contribution is 0.660. The molecule has 52 heavy (non-hydrogen) atoms. The second kappa shape index (κ2) is 10.7. The highest BCUT2D eigenvalue weighted by atomic mass is 16.3. The van der Waals surface area contributed by atoms with Gasteiger partial charge in [0.1, 0.15) is 16.7 Å². The van der Waals surface area contributed by atoms with Gasteiger partial charge in [0.25, 0.3) is 0 Å². The Hall–Kier alpha value is -6.58. The van der Waals surface area contributed by atoms with Gasteiger partial charge < -0.3 is 13.7 Å². The highest BCUT2D eigenvalue weighted by Crippen LogP contribution is 2.52. The molecule has 0 N–H and O–H groups in total. The summed E-state index contributed by atoms with van der Waals surface area (Å²) in [6.45, 7) is 4.68. The fourth-order valence-electron chi connectivity index (χ4n) is 8.78. The number of benzene rings is 8. The van der Waals surface area contributed by atoms with E-state index in [2.05, 4.69) is 170 Å². The van der Waals surface area contributed by atoms with Crippen molar-refractivity contribution in [2.75, 3.05) is 4.90 Å². The third-order valence-electron chi connectivity index (χ3n) is 11.3. The Morgan fingerprint density at radius 3 is 1.92 bits per heavy atom. The van der Waals surface area contributed by atoms with Gasteiger partial charge in [0, 0.05) is 38.3 Å². The summed E-state index contributed by atoms with van der Waals surface area (Å²) in [4.78, 5) is 2.37. The minimum atomic E-state index is -0.136. The van der Waals surface area contributed by atoms with E-state index < -0.39 is 0 Å². The molecule has 1 aliphatic rings. The zero-order valence-corrected chi connectivity index (χ0v) is 28.9. The molecule has 0 unspecified atom stereocenters. The van der Waals surface area contributed by atoms with Crippen LogP contribution in [-0.2, 0) is 5.41 Å². The molecule has 0 radical (unpaired) electrons. The lowest BCUT2D eigenvalue weighted by atomic mass is 9.82. The van der Waals surface area contributed by atoms with E-state index in [1.54, 1.807) is 0 Å². The fraction of sp³-hybridized carbons (Fsp3) is 0.0612. The molecule has 0 amide bonds. The molecule has 0 aliphatic heterocycles. The number of rotatable bonds is 4. The number of para-hydroxylation sites is 2. The molecule has 0 bridgehead atoms. The maximum Gasteiger partial charge on any atom is 0.159 e. The number of furan rings is 2. The minimum absolute atomic E-state index is 0.136. The fourth-order valence-corrected chi connectivity index (χ4v) is 8.78. The van der Waals surface area contributed by atoms with Gasteiger partial charge in [0.2, 0.25) is 0 Å². The van der Waals surface area contributed by atoms with E-state index in [0.29, 0.717) is 0 Å². The van der Waals surface area contributed by atoms with Crippen molar-refractivity contribution in [2.24, 2.45) is 0 Å². The lowest BCUT2D eigenvalue weighted by Gasteiger charge is -2.28. The van der Waals surface area contributed by atoms with Crippen LogP contribution in [0.1, 0.15) is 25.0 Å². The third-order valence-corrected chi connectivity index (χ3v) is 11.3. The van der Waals surface area contributed by atoms with Gasteiger partial charge in [-0.05, 0) is 75.2 Å². The van der Waals surface area contributed by atoms with Crippen LogP contribution in [0.15, 0.2) is 173 Å². The molecule has 3 heteroatoms. The third kappa shape index (κ3) is 4.02. The Morgan fingerprint density at radius 2 is 1.08 bits per heavy atom. The highest BCUT2D eigenvalue weighted by Gasteiger charge is 2.36. The zero-order chi connectivity index (χ0) is 34.6. The number of hydrogen-bond donors (Lipinski definition) is 0. The number of nitrogens with zero attached hydrogens (tertiary/aromatic N) is 1. The first-order valence-electron chi connectivity index (χ1n) is 17.9. The average Bonchev–Trinajstić information content (AvgIpc) is 3.85. The van der Waals surface area contributed by atoms with Gasteiger partial charge in [-0.1, -0.05) is 141 Å². The first kappa shape index (κ1) is 29.2. The predicted molar refractivity (Wildman–Crippen MR) is 216 cm³/mol. The van der Waals surface area contributed by atoms with E-state index in [4.69, 9.17) is 8.83 Å². The molecule has 2 aromatic heterocycles. The van der Waals surface area contributed by atoms with Gasteiger partial charge in [0.15, 0.2) is 5.58 Å². The topological polar surface area (TPSA) is 29.5 Å². The SMILES string of the molecule is CC1(C)c2ccccc2-c2ccc(N(c3ccc(-c4ccccc4)cc3)c3cccc4c3oc3c4c4ccccc4c4oc5ccccc5c43)cc21. The molecule has 0 saturated carbocycles. The Kier molecular flexibility index (Phi) is 6.01. The molecule has 11 rings (SSSR count). The summed E-state index contributed by atoms with van der Waals surface area (Å²) >= 11 is 0. The lowest BCUT2D eigenvalue weighted by Crippen LogP contribution is -2.16. The van der Waals surface area contributed by atoms with Crippen molar-refractivity contribution < 1.29 is 8.83 Å². The van der Waals surface area contributed by atoms with Gasteiger partial charge in [-0.25, -0.2) is 0 Å². The van der Waals surface area contributed by atoms with Crippen LogP contribution in [-0.4, -0.2) is 0 Å². The van der Waals surface area contributed by atoms with E-state index in [0.717, 1.165) is 71.7 Å². The molecular weight excluding hydrogens is 635 g/mol. The summed E-state index contributed by atoms with van der Waals surface area (Å²) < 4.78 is 13.7. The van der Waals surface area contributed by atoms with Crippen LogP contribution in [0.5, 0.6) is 0 Å². The molecule has 0 fully saturated rings. The Labute approximate surface area is 301 Å². The monoisotopic (exact) mass is 667 g/mol. The van der Waals surface area contributed by atoms with Crippen LogP contribution in [0.4, 0.5) is 17.1 Å². The molecule has 1 aliphatic carbocycles. The van der Waals surface area contributed by atoms with Gasteiger partial charge >= 0.3 is 0 Å². The van der Waals surface area contributed by atoms with Crippen molar-refractivity contribution in [3.05, 3.63) is 175 Å². The van der Waals surface area contributed by atoms with Crippen LogP contribution >= 0.6 is 0 Å². The van der Waals surface area contributed by atoms with Crippen molar-refractivity contribution in [1.82, 2.24) is 0 Å². The first-order valence-corrected chi connectivity index (χ1v) is 17.9. The van der Waals surface area contributed by atoms with Gasteiger partial charge in [0.05, 0.1) is 11.1 Å². The molecule has 3 nitrogen and oxygen atoms in total. The number of fused-ring (bicyclic) bond motifs is 13. The van der Waals surface area contributed by atoms with E-state index in [9.17, 15) is 0 Å². The summed E-state index contributed by atoms with van der Waals surface area (Å²) in [5.74, 6) is 0. The zero-order valence-electron chi connectivity index (χ0n) is 28.9. The smallest absolute Gasteiger partial charge is 0.159 e. The van der Waals surface area contributed by atoms with Crippen LogP contribution < -0.4 is 4.90 Å². The minimum Gasteiger partial charge on any atom is -0.455 e. The van der Waals surface area contributed by atoms with Gasteiger partial charge in [-0.3, -0.25) is 0 Å². The van der Waals surface area contributed by atoms with Crippen molar-refractivity contribution >= 4 is 71.7 Å². The Morgan fingerprint density at radius 1 is 0.423 bits per heavy atom. The maximum absolute atomic E-state index is 7.17. The summed E-state index contributed by atoms with van der Waals surface area (Å²) in [5.41, 5.74) is 14.1. The van der Waals surface area contributed by atoms with E-state index in [1.807, 2.05) is 12.1 Å². The second-order valence-corrected chi connectivity index (χ2v) is 14.5. The van der Waals surface area contributed by atoms with Crippen molar-refractivity contribution in [2.45, 2.75) is 19.3 Å². The number of hydrogen-bond acceptors (Lipinski definition) is 3. The van der Waals surface area contributed by atoms with Crippen molar-refractivity contribution in [1.29, 1.82) is 0 Å². The van der Waals surface area contributed by atoms with Crippen molar-refractivity contribution in [3.8, 4) is 22.3 Å². The van der Waals surface area contributed by atoms with E-state index in [-0.39, 0.29) is 5.41 Å². The molecule has 0 atom stereocenters. The van der Waals surface area contributed by atoms with Gasteiger partial charge in [-0.15, -0.1) is 0 Å². The normalized spacial score (nSPS) is 13.3.